The molecule has 1 saturated heterocycles. The monoisotopic (exact) mass is 281 g/mol. The number of hydrogen-bond acceptors (Lipinski definition) is 6. The predicted molar refractivity (Wildman–Crippen MR) is 71.5 cm³/mol. The smallest absolute Gasteiger partial charge is 0.351 e. The van der Waals surface area contributed by atoms with E-state index >= 15 is 0 Å². The zero-order valence-electron chi connectivity index (χ0n) is 11.3. The highest BCUT2D eigenvalue weighted by atomic mass is 16.5. The van der Waals surface area contributed by atoms with Gasteiger partial charge in [0, 0.05) is 24.2 Å². The van der Waals surface area contributed by atoms with E-state index in [0.717, 1.165) is 18.4 Å². The lowest BCUT2D eigenvalue weighted by Crippen LogP contribution is -2.29. The molecule has 2 heterocycles. The maximum absolute atomic E-state index is 12.1. The number of aliphatic hydroxyl groups excluding tert-OH is 2. The molecule has 110 valence electrons. The lowest BCUT2D eigenvalue weighted by atomic mass is 10.2. The molecule has 3 rings (SSSR count). The first kappa shape index (κ1) is 13.5. The highest BCUT2D eigenvalue weighted by molar-refractivity contribution is 5.43. The Hall–Kier alpha value is -1.44. The molecule has 3 N–H and O–H groups in total. The van der Waals surface area contributed by atoms with Crippen LogP contribution in [0.1, 0.15) is 31.1 Å². The van der Waals surface area contributed by atoms with Crippen LogP contribution in [0.3, 0.4) is 0 Å². The summed E-state index contributed by atoms with van der Waals surface area (Å²) in [5.74, 6) is 0.617. The van der Waals surface area contributed by atoms with Crippen molar-refractivity contribution in [2.75, 3.05) is 11.9 Å². The molecule has 0 radical (unpaired) electrons. The van der Waals surface area contributed by atoms with Gasteiger partial charge in [-0.15, -0.1) is 0 Å². The highest BCUT2D eigenvalue weighted by Crippen LogP contribution is 2.29. The summed E-state index contributed by atoms with van der Waals surface area (Å²) in [7, 11) is 0. The van der Waals surface area contributed by atoms with E-state index in [2.05, 4.69) is 10.3 Å². The summed E-state index contributed by atoms with van der Waals surface area (Å²) in [6.45, 7) is 1.61. The van der Waals surface area contributed by atoms with Crippen LogP contribution in [0, 0.1) is 6.92 Å². The van der Waals surface area contributed by atoms with Crippen LogP contribution in [-0.4, -0.2) is 44.6 Å². The maximum Gasteiger partial charge on any atom is 0.351 e. The Labute approximate surface area is 116 Å². The normalized spacial score (nSPS) is 29.6. The lowest BCUT2D eigenvalue weighted by molar-refractivity contribution is -0.0459. The zero-order valence-corrected chi connectivity index (χ0v) is 11.3. The van der Waals surface area contributed by atoms with E-state index in [-0.39, 0.29) is 13.0 Å². The molecule has 1 aliphatic carbocycles. The molecule has 0 spiro atoms. The molecular formula is C13H19N3O4. The van der Waals surface area contributed by atoms with Gasteiger partial charge < -0.3 is 20.3 Å². The van der Waals surface area contributed by atoms with Crippen LogP contribution in [0.5, 0.6) is 0 Å². The van der Waals surface area contributed by atoms with E-state index < -0.39 is 24.1 Å². The van der Waals surface area contributed by atoms with Crippen LogP contribution >= 0.6 is 0 Å². The molecule has 7 nitrogen and oxygen atoms in total. The first-order valence-electron chi connectivity index (χ1n) is 6.89. The Morgan fingerprint density at radius 3 is 2.90 bits per heavy atom. The number of aromatic nitrogens is 2. The molecule has 1 saturated carbocycles. The van der Waals surface area contributed by atoms with Crippen molar-refractivity contribution in [2.45, 2.75) is 50.7 Å². The van der Waals surface area contributed by atoms with Crippen molar-refractivity contribution in [3.8, 4) is 0 Å². The second-order valence-corrected chi connectivity index (χ2v) is 5.50. The van der Waals surface area contributed by atoms with Crippen LogP contribution in [0.4, 0.5) is 5.82 Å². The van der Waals surface area contributed by atoms with E-state index in [1.165, 1.54) is 4.57 Å². The fraction of sp³-hybridized carbons (Fsp3) is 0.692. The topological polar surface area (TPSA) is 96.6 Å². The van der Waals surface area contributed by atoms with E-state index in [9.17, 15) is 9.90 Å². The fourth-order valence-corrected chi connectivity index (χ4v) is 2.39. The number of ether oxygens (including phenoxy) is 1. The summed E-state index contributed by atoms with van der Waals surface area (Å²) >= 11 is 0. The van der Waals surface area contributed by atoms with Gasteiger partial charge >= 0.3 is 5.69 Å². The summed E-state index contributed by atoms with van der Waals surface area (Å²) in [6, 6.07) is 0.430. The minimum Gasteiger partial charge on any atom is -0.394 e. The van der Waals surface area contributed by atoms with Gasteiger partial charge in [-0.1, -0.05) is 0 Å². The van der Waals surface area contributed by atoms with Crippen LogP contribution in [0.25, 0.3) is 0 Å². The van der Waals surface area contributed by atoms with Crippen molar-refractivity contribution < 1.29 is 14.9 Å². The number of rotatable bonds is 4. The number of hydrogen-bond donors (Lipinski definition) is 3. The third kappa shape index (κ3) is 2.56. The fourth-order valence-electron chi connectivity index (χ4n) is 2.39. The Balaban J connectivity index is 1.83. The highest BCUT2D eigenvalue weighted by Gasteiger charge is 2.35. The quantitative estimate of drug-likeness (QED) is 0.705. The van der Waals surface area contributed by atoms with Gasteiger partial charge in [-0.3, -0.25) is 4.57 Å². The molecule has 7 heteroatoms. The Morgan fingerprint density at radius 1 is 1.55 bits per heavy atom. The Kier molecular flexibility index (Phi) is 3.49. The summed E-state index contributed by atoms with van der Waals surface area (Å²) < 4.78 is 6.86. The molecule has 0 amide bonds. The molecule has 1 aromatic rings. The molecule has 1 aliphatic heterocycles. The summed E-state index contributed by atoms with van der Waals surface area (Å²) in [4.78, 5) is 16.1. The molecule has 3 atom stereocenters. The van der Waals surface area contributed by atoms with E-state index in [4.69, 9.17) is 9.84 Å². The molecule has 20 heavy (non-hydrogen) atoms. The summed E-state index contributed by atoms with van der Waals surface area (Å²) in [5.41, 5.74) is 0.455. The average molecular weight is 281 g/mol. The van der Waals surface area contributed by atoms with Gasteiger partial charge in [0.1, 0.15) is 18.1 Å². The van der Waals surface area contributed by atoms with Crippen LogP contribution < -0.4 is 11.0 Å². The van der Waals surface area contributed by atoms with Gasteiger partial charge in [0.25, 0.3) is 0 Å². The average Bonchev–Trinajstić information content (AvgIpc) is 3.15. The third-order valence-corrected chi connectivity index (χ3v) is 3.75. The Morgan fingerprint density at radius 2 is 2.30 bits per heavy atom. The number of anilines is 1. The van der Waals surface area contributed by atoms with Crippen molar-refractivity contribution >= 4 is 5.82 Å². The summed E-state index contributed by atoms with van der Waals surface area (Å²) in [5, 5.41) is 22.0. The number of aliphatic hydroxyl groups is 2. The van der Waals surface area contributed by atoms with Crippen LogP contribution in [-0.2, 0) is 4.74 Å². The van der Waals surface area contributed by atoms with E-state index in [1.54, 1.807) is 6.20 Å². The van der Waals surface area contributed by atoms with Crippen LogP contribution in [0.2, 0.25) is 0 Å². The first-order valence-corrected chi connectivity index (χ1v) is 6.89. The molecule has 0 unspecified atom stereocenters. The van der Waals surface area contributed by atoms with Gasteiger partial charge in [0.15, 0.2) is 0 Å². The molecule has 0 aromatic carbocycles. The second kappa shape index (κ2) is 5.16. The van der Waals surface area contributed by atoms with Gasteiger partial charge in [-0.2, -0.15) is 4.98 Å². The molecule has 0 bridgehead atoms. The second-order valence-electron chi connectivity index (χ2n) is 5.50. The first-order chi connectivity index (χ1) is 9.58. The van der Waals surface area contributed by atoms with Gasteiger partial charge in [0.05, 0.1) is 12.7 Å². The van der Waals surface area contributed by atoms with Gasteiger partial charge in [-0.25, -0.2) is 4.79 Å². The number of nitrogens with zero attached hydrogens (tertiary/aromatic N) is 2. The maximum atomic E-state index is 12.1. The lowest BCUT2D eigenvalue weighted by Gasteiger charge is -2.16. The van der Waals surface area contributed by atoms with E-state index in [0.29, 0.717) is 11.9 Å². The minimum absolute atomic E-state index is 0.264. The van der Waals surface area contributed by atoms with Crippen molar-refractivity contribution in [1.82, 2.24) is 9.55 Å². The Bertz CT molecular complexity index is 555. The summed E-state index contributed by atoms with van der Waals surface area (Å²) in [6.07, 6.45) is 2.22. The van der Waals surface area contributed by atoms with Crippen molar-refractivity contribution in [3.05, 3.63) is 22.2 Å². The molecule has 2 aliphatic rings. The zero-order chi connectivity index (χ0) is 14.3. The number of aryl methyl sites for hydroxylation is 1. The van der Waals surface area contributed by atoms with Crippen molar-refractivity contribution in [2.24, 2.45) is 0 Å². The third-order valence-electron chi connectivity index (χ3n) is 3.75. The van der Waals surface area contributed by atoms with Crippen molar-refractivity contribution in [3.63, 3.8) is 0 Å². The largest absolute Gasteiger partial charge is 0.394 e. The minimum atomic E-state index is -0.763. The number of nitrogens with one attached hydrogen (secondary N) is 1. The standard InChI is InChI=1S/C13H19N3O4/c1-7-5-16(11-4-9(18)10(6-17)20-11)13(19)15-12(7)14-8-2-3-8/h5,8-11,17-18H,2-4,6H2,1H3,(H,14,15,19)/t9-,10+,11-/m1/s1. The van der Waals surface area contributed by atoms with Crippen molar-refractivity contribution in [1.29, 1.82) is 0 Å². The molecular weight excluding hydrogens is 262 g/mol. The van der Waals surface area contributed by atoms with Crippen LogP contribution in [0.15, 0.2) is 11.0 Å². The molecule has 1 aromatic heterocycles. The van der Waals surface area contributed by atoms with E-state index in [1.807, 2.05) is 6.92 Å². The SMILES string of the molecule is Cc1cn([C@H]2C[C@@H](O)[C@H](CO)O2)c(=O)nc1NC1CC1. The van der Waals surface area contributed by atoms with Gasteiger partial charge in [0.2, 0.25) is 0 Å². The molecule has 2 fully saturated rings. The predicted octanol–water partition coefficient (Wildman–Crippen LogP) is -0.233. The van der Waals surface area contributed by atoms with Gasteiger partial charge in [-0.05, 0) is 19.8 Å².